The highest BCUT2D eigenvalue weighted by Gasteiger charge is 2.46. The molecule has 0 amide bonds. The Bertz CT molecular complexity index is 708. The second kappa shape index (κ2) is 7.02. The minimum absolute atomic E-state index is 0.210. The van der Waals surface area contributed by atoms with E-state index in [0.29, 0.717) is 18.6 Å². The van der Waals surface area contributed by atoms with Gasteiger partial charge in [0.05, 0.1) is 23.0 Å². The highest BCUT2D eigenvalue weighted by molar-refractivity contribution is 7.09. The van der Waals surface area contributed by atoms with Crippen LogP contribution in [0.15, 0.2) is 29.9 Å². The molecule has 2 aromatic rings. The predicted molar refractivity (Wildman–Crippen MR) is 97.9 cm³/mol. The van der Waals surface area contributed by atoms with Crippen molar-refractivity contribution in [3.8, 4) is 5.75 Å². The van der Waals surface area contributed by atoms with Gasteiger partial charge in [-0.3, -0.25) is 9.88 Å². The Morgan fingerprint density at radius 3 is 3.16 bits per heavy atom. The minimum Gasteiger partial charge on any atom is -0.489 e. The highest BCUT2D eigenvalue weighted by Crippen LogP contribution is 2.39. The van der Waals surface area contributed by atoms with Crippen LogP contribution in [0.4, 0.5) is 0 Å². The Labute approximate surface area is 153 Å². The van der Waals surface area contributed by atoms with E-state index in [-0.39, 0.29) is 5.60 Å². The number of ether oxygens (including phenoxy) is 2. The van der Waals surface area contributed by atoms with Gasteiger partial charge in [-0.15, -0.1) is 11.3 Å². The molecule has 2 aliphatic heterocycles. The molecule has 2 aliphatic rings. The number of rotatable bonds is 5. The monoisotopic (exact) mass is 359 g/mol. The van der Waals surface area contributed by atoms with E-state index in [2.05, 4.69) is 34.1 Å². The van der Waals surface area contributed by atoms with Crippen LogP contribution in [0, 0.1) is 12.8 Å². The van der Waals surface area contributed by atoms with Crippen LogP contribution in [-0.4, -0.2) is 46.3 Å². The van der Waals surface area contributed by atoms with Gasteiger partial charge in [0.2, 0.25) is 0 Å². The maximum atomic E-state index is 6.39. The van der Waals surface area contributed by atoms with Gasteiger partial charge in [-0.2, -0.15) is 0 Å². The molecule has 0 aromatic carbocycles. The number of piperidine rings is 1. The molecule has 0 N–H and O–H groups in total. The van der Waals surface area contributed by atoms with Crippen molar-refractivity contribution >= 4 is 11.3 Å². The molecule has 6 heteroatoms. The molecule has 2 fully saturated rings. The topological polar surface area (TPSA) is 47.5 Å². The van der Waals surface area contributed by atoms with Gasteiger partial charge < -0.3 is 9.47 Å². The number of thiazole rings is 1. The van der Waals surface area contributed by atoms with Crippen LogP contribution >= 0.6 is 11.3 Å². The van der Waals surface area contributed by atoms with Gasteiger partial charge in [0.1, 0.15) is 18.0 Å². The number of fused-ring (bicyclic) bond motifs is 1. The Balaban J connectivity index is 1.33. The van der Waals surface area contributed by atoms with Crippen LogP contribution in [0.5, 0.6) is 5.75 Å². The van der Waals surface area contributed by atoms with Gasteiger partial charge in [0.15, 0.2) is 0 Å². The van der Waals surface area contributed by atoms with Gasteiger partial charge in [-0.05, 0) is 38.8 Å². The summed E-state index contributed by atoms with van der Waals surface area (Å²) in [5.41, 5.74) is 0.987. The van der Waals surface area contributed by atoms with E-state index in [0.717, 1.165) is 43.2 Å². The summed E-state index contributed by atoms with van der Waals surface area (Å²) in [4.78, 5) is 11.2. The number of likely N-dealkylation sites (tertiary alicyclic amines) is 1. The maximum Gasteiger partial charge on any atom is 0.137 e. The van der Waals surface area contributed by atoms with Crippen LogP contribution < -0.4 is 4.74 Å². The zero-order valence-corrected chi connectivity index (χ0v) is 15.7. The zero-order valence-electron chi connectivity index (χ0n) is 14.9. The van der Waals surface area contributed by atoms with Crippen molar-refractivity contribution in [1.29, 1.82) is 0 Å². The van der Waals surface area contributed by atoms with E-state index in [1.165, 1.54) is 5.69 Å². The molecule has 0 spiro atoms. The summed E-state index contributed by atoms with van der Waals surface area (Å²) in [5, 5.41) is 3.33. The van der Waals surface area contributed by atoms with Crippen molar-refractivity contribution in [1.82, 2.24) is 14.9 Å². The summed E-state index contributed by atoms with van der Waals surface area (Å²) in [5.74, 6) is 1.39. The largest absolute Gasteiger partial charge is 0.489 e. The molecule has 0 saturated carbocycles. The molecule has 2 aromatic heterocycles. The van der Waals surface area contributed by atoms with E-state index < -0.39 is 0 Å². The Hall–Kier alpha value is -1.50. The van der Waals surface area contributed by atoms with Gasteiger partial charge in [-0.1, -0.05) is 0 Å². The average molecular weight is 359 g/mol. The normalized spacial score (nSPS) is 29.5. The van der Waals surface area contributed by atoms with Gasteiger partial charge in [0.25, 0.3) is 0 Å². The first-order valence-electron chi connectivity index (χ1n) is 8.94. The number of pyridine rings is 1. The Morgan fingerprint density at radius 1 is 1.48 bits per heavy atom. The lowest BCUT2D eigenvalue weighted by Crippen LogP contribution is -2.40. The van der Waals surface area contributed by atoms with Gasteiger partial charge >= 0.3 is 0 Å². The SMILES string of the molecule is Cc1nc(CN2CC[C@@H]3O[C@@](C)(COc4cccnc4)C[C@@H]3C2)cs1. The molecule has 25 heavy (non-hydrogen) atoms. The number of hydrogen-bond acceptors (Lipinski definition) is 6. The molecular formula is C19H25N3O2S. The molecule has 134 valence electrons. The van der Waals surface area contributed by atoms with E-state index in [4.69, 9.17) is 9.47 Å². The molecule has 5 nitrogen and oxygen atoms in total. The lowest BCUT2D eigenvalue weighted by Gasteiger charge is -2.33. The predicted octanol–water partition coefficient (Wildman–Crippen LogP) is 3.30. The maximum absolute atomic E-state index is 6.39. The first-order valence-corrected chi connectivity index (χ1v) is 9.82. The van der Waals surface area contributed by atoms with Crippen molar-refractivity contribution in [2.75, 3.05) is 19.7 Å². The molecule has 4 heterocycles. The lowest BCUT2D eigenvalue weighted by molar-refractivity contribution is -0.0698. The molecule has 0 aliphatic carbocycles. The summed E-state index contributed by atoms with van der Waals surface area (Å²) in [6.07, 6.45) is 6.01. The first kappa shape index (κ1) is 16.9. The van der Waals surface area contributed by atoms with E-state index >= 15 is 0 Å². The molecule has 0 bridgehead atoms. The first-order chi connectivity index (χ1) is 12.1. The zero-order chi connectivity index (χ0) is 17.3. The van der Waals surface area contributed by atoms with Crippen molar-refractivity contribution in [2.24, 2.45) is 5.92 Å². The summed E-state index contributed by atoms with van der Waals surface area (Å²) >= 11 is 1.73. The molecular weight excluding hydrogens is 334 g/mol. The number of hydrogen-bond donors (Lipinski definition) is 0. The fraction of sp³-hybridized carbons (Fsp3) is 0.579. The molecule has 2 saturated heterocycles. The quantitative estimate of drug-likeness (QED) is 0.820. The van der Waals surface area contributed by atoms with Crippen LogP contribution in [0.3, 0.4) is 0 Å². The third kappa shape index (κ3) is 4.02. The smallest absolute Gasteiger partial charge is 0.137 e. The fourth-order valence-corrected chi connectivity index (χ4v) is 4.62. The Kier molecular flexibility index (Phi) is 4.75. The van der Waals surface area contributed by atoms with Crippen LogP contribution in [-0.2, 0) is 11.3 Å². The van der Waals surface area contributed by atoms with Crippen LogP contribution in [0.2, 0.25) is 0 Å². The van der Waals surface area contributed by atoms with Crippen LogP contribution in [0.25, 0.3) is 0 Å². The lowest BCUT2D eigenvalue weighted by atomic mass is 9.89. The van der Waals surface area contributed by atoms with E-state index in [1.54, 1.807) is 23.7 Å². The number of aromatic nitrogens is 2. The average Bonchev–Trinajstić information content (AvgIpc) is 3.16. The summed E-state index contributed by atoms with van der Waals surface area (Å²) in [6, 6.07) is 3.83. The van der Waals surface area contributed by atoms with Gasteiger partial charge in [-0.25, -0.2) is 4.98 Å². The summed E-state index contributed by atoms with van der Waals surface area (Å²) < 4.78 is 12.3. The third-order valence-corrected chi connectivity index (χ3v) is 5.93. The number of nitrogens with zero attached hydrogens (tertiary/aromatic N) is 3. The second-order valence-electron chi connectivity index (χ2n) is 7.43. The second-order valence-corrected chi connectivity index (χ2v) is 8.49. The fourth-order valence-electron chi connectivity index (χ4n) is 4.02. The van der Waals surface area contributed by atoms with Gasteiger partial charge in [0, 0.05) is 37.1 Å². The van der Waals surface area contributed by atoms with Crippen molar-refractivity contribution in [3.63, 3.8) is 0 Å². The van der Waals surface area contributed by atoms with E-state index in [9.17, 15) is 0 Å². The molecule has 0 unspecified atom stereocenters. The molecule has 0 radical (unpaired) electrons. The highest BCUT2D eigenvalue weighted by atomic mass is 32.1. The summed E-state index contributed by atoms with van der Waals surface area (Å²) in [6.45, 7) is 7.95. The molecule has 4 rings (SSSR count). The standard InChI is InChI=1S/C19H25N3O2S/c1-14-21-16(12-25-14)11-22-7-5-18-15(10-22)8-19(2,24-18)13-23-17-4-3-6-20-9-17/h3-4,6,9,12,15,18H,5,7-8,10-11,13H2,1-2H3/t15-,18+,19-/m1/s1. The minimum atomic E-state index is -0.210. The molecule has 3 atom stereocenters. The van der Waals surface area contributed by atoms with Crippen molar-refractivity contribution in [2.45, 2.75) is 44.9 Å². The van der Waals surface area contributed by atoms with Crippen LogP contribution in [0.1, 0.15) is 30.5 Å². The third-order valence-electron chi connectivity index (χ3n) is 5.11. The van der Waals surface area contributed by atoms with E-state index in [1.807, 2.05) is 12.1 Å². The van der Waals surface area contributed by atoms with Crippen molar-refractivity contribution in [3.05, 3.63) is 40.6 Å². The summed E-state index contributed by atoms with van der Waals surface area (Å²) in [7, 11) is 0. The Morgan fingerprint density at radius 2 is 2.40 bits per heavy atom. The number of aryl methyl sites for hydroxylation is 1. The van der Waals surface area contributed by atoms with Crippen molar-refractivity contribution < 1.29 is 9.47 Å².